The minimum atomic E-state index is -4.38. The molecule has 1 aliphatic heterocycles. The van der Waals surface area contributed by atoms with Crippen LogP contribution in [0.1, 0.15) is 22.3 Å². The van der Waals surface area contributed by atoms with Crippen molar-refractivity contribution in [2.45, 2.75) is 19.6 Å². The Hall–Kier alpha value is -2.63. The van der Waals surface area contributed by atoms with Gasteiger partial charge in [0, 0.05) is 23.5 Å². The summed E-state index contributed by atoms with van der Waals surface area (Å²) in [6, 6.07) is 4.32. The lowest BCUT2D eigenvalue weighted by Crippen LogP contribution is -2.07. The van der Waals surface area contributed by atoms with Gasteiger partial charge in [0.15, 0.2) is 0 Å². The molecule has 1 aliphatic rings. The van der Waals surface area contributed by atoms with Gasteiger partial charge in [-0.1, -0.05) is 0 Å². The standard InChI is InChI=1S/C17H12F3N3/c1-10-2-13-6-22-9-23(13)8-16(10)14-4-12(17(18,19)20)3-11-5-21-7-15(11)14/h2-4,6-9H,5H2,1H3. The molecule has 0 N–H and O–H groups in total. The third kappa shape index (κ3) is 2.21. The molecule has 1 aromatic carbocycles. The van der Waals surface area contributed by atoms with Crippen molar-refractivity contribution in [1.29, 1.82) is 0 Å². The zero-order valence-corrected chi connectivity index (χ0v) is 12.2. The highest BCUT2D eigenvalue weighted by Crippen LogP contribution is 2.38. The van der Waals surface area contributed by atoms with E-state index in [-0.39, 0.29) is 0 Å². The van der Waals surface area contributed by atoms with E-state index in [1.54, 1.807) is 23.1 Å². The van der Waals surface area contributed by atoms with E-state index in [1.165, 1.54) is 12.1 Å². The number of nitrogens with zero attached hydrogens (tertiary/aromatic N) is 3. The maximum absolute atomic E-state index is 13.2. The first-order valence-electron chi connectivity index (χ1n) is 7.10. The molecule has 0 atom stereocenters. The van der Waals surface area contributed by atoms with E-state index in [4.69, 9.17) is 0 Å². The average Bonchev–Trinajstić information content (AvgIpc) is 3.12. The van der Waals surface area contributed by atoms with E-state index >= 15 is 0 Å². The molecule has 23 heavy (non-hydrogen) atoms. The van der Waals surface area contributed by atoms with E-state index in [0.29, 0.717) is 17.7 Å². The number of aromatic nitrogens is 2. The summed E-state index contributed by atoms with van der Waals surface area (Å²) in [5.41, 5.74) is 3.86. The van der Waals surface area contributed by atoms with Gasteiger partial charge in [-0.2, -0.15) is 13.2 Å². The third-order valence-corrected chi connectivity index (χ3v) is 4.12. The van der Waals surface area contributed by atoms with Crippen molar-refractivity contribution < 1.29 is 13.2 Å². The molecule has 0 saturated carbocycles. The molecule has 0 spiro atoms. The number of imidazole rings is 1. The Balaban J connectivity index is 2.01. The summed E-state index contributed by atoms with van der Waals surface area (Å²) in [6.07, 6.45) is 2.45. The SMILES string of the molecule is Cc1cc2cncn2cc1-c1cc(C(F)(F)F)cc2c1C=NC2. The molecule has 0 saturated heterocycles. The van der Waals surface area contributed by atoms with E-state index in [9.17, 15) is 13.2 Å². The lowest BCUT2D eigenvalue weighted by molar-refractivity contribution is -0.137. The van der Waals surface area contributed by atoms with Gasteiger partial charge >= 0.3 is 6.18 Å². The lowest BCUT2D eigenvalue weighted by Gasteiger charge is -2.15. The Morgan fingerprint density at radius 1 is 1.13 bits per heavy atom. The lowest BCUT2D eigenvalue weighted by atomic mass is 9.93. The van der Waals surface area contributed by atoms with Gasteiger partial charge in [-0.15, -0.1) is 0 Å². The number of halogens is 3. The molecule has 116 valence electrons. The summed E-state index contributed by atoms with van der Waals surface area (Å²) in [4.78, 5) is 8.19. The van der Waals surface area contributed by atoms with Crippen LogP contribution in [0.15, 0.2) is 41.9 Å². The summed E-state index contributed by atoms with van der Waals surface area (Å²) in [7, 11) is 0. The fraction of sp³-hybridized carbons (Fsp3) is 0.176. The van der Waals surface area contributed by atoms with Gasteiger partial charge in [0.2, 0.25) is 0 Å². The van der Waals surface area contributed by atoms with Crippen molar-refractivity contribution in [2.75, 3.05) is 0 Å². The molecule has 0 radical (unpaired) electrons. The van der Waals surface area contributed by atoms with Gasteiger partial charge in [-0.05, 0) is 41.8 Å². The Bertz CT molecular complexity index is 952. The van der Waals surface area contributed by atoms with Gasteiger partial charge in [0.1, 0.15) is 0 Å². The van der Waals surface area contributed by atoms with Crippen molar-refractivity contribution in [3.8, 4) is 11.1 Å². The Morgan fingerprint density at radius 3 is 2.74 bits per heavy atom. The number of aryl methyl sites for hydroxylation is 1. The highest BCUT2D eigenvalue weighted by atomic mass is 19.4. The van der Waals surface area contributed by atoms with Crippen LogP contribution in [0, 0.1) is 6.92 Å². The topological polar surface area (TPSA) is 29.7 Å². The van der Waals surface area contributed by atoms with E-state index in [1.807, 2.05) is 19.2 Å². The molecule has 4 rings (SSSR count). The van der Waals surface area contributed by atoms with Crippen LogP contribution in [0.3, 0.4) is 0 Å². The predicted molar refractivity (Wildman–Crippen MR) is 81.7 cm³/mol. The summed E-state index contributed by atoms with van der Waals surface area (Å²) >= 11 is 0. The normalized spacial score (nSPS) is 13.7. The van der Waals surface area contributed by atoms with Crippen LogP contribution in [-0.4, -0.2) is 15.6 Å². The summed E-state index contributed by atoms with van der Waals surface area (Å²) in [6.45, 7) is 2.18. The monoisotopic (exact) mass is 315 g/mol. The molecular weight excluding hydrogens is 303 g/mol. The Labute approximate surface area is 130 Å². The van der Waals surface area contributed by atoms with Crippen molar-refractivity contribution in [3.63, 3.8) is 0 Å². The number of hydrogen-bond acceptors (Lipinski definition) is 2. The van der Waals surface area contributed by atoms with Crippen LogP contribution >= 0.6 is 0 Å². The highest BCUT2D eigenvalue weighted by molar-refractivity contribution is 5.95. The third-order valence-electron chi connectivity index (χ3n) is 4.12. The summed E-state index contributed by atoms with van der Waals surface area (Å²) < 4.78 is 41.4. The predicted octanol–water partition coefficient (Wildman–Crippen LogP) is 4.26. The molecule has 0 aliphatic carbocycles. The molecule has 0 unspecified atom stereocenters. The molecule has 2 aromatic heterocycles. The quantitative estimate of drug-likeness (QED) is 0.660. The minimum Gasteiger partial charge on any atom is -0.306 e. The van der Waals surface area contributed by atoms with Crippen molar-refractivity contribution >= 4 is 11.7 Å². The number of hydrogen-bond donors (Lipinski definition) is 0. The number of fused-ring (bicyclic) bond motifs is 2. The van der Waals surface area contributed by atoms with Crippen molar-refractivity contribution in [3.05, 3.63) is 59.2 Å². The molecule has 3 aromatic rings. The Kier molecular flexibility index (Phi) is 2.85. The van der Waals surface area contributed by atoms with Gasteiger partial charge in [-0.25, -0.2) is 4.98 Å². The van der Waals surface area contributed by atoms with Crippen molar-refractivity contribution in [1.82, 2.24) is 9.38 Å². The molecule has 3 heterocycles. The first kappa shape index (κ1) is 14.0. The van der Waals surface area contributed by atoms with Crippen LogP contribution in [0.5, 0.6) is 0 Å². The Morgan fingerprint density at radius 2 is 1.96 bits per heavy atom. The fourth-order valence-corrected chi connectivity index (χ4v) is 2.98. The zero-order chi connectivity index (χ0) is 16.2. The number of rotatable bonds is 1. The molecule has 0 bridgehead atoms. The van der Waals surface area contributed by atoms with E-state index in [2.05, 4.69) is 9.98 Å². The largest absolute Gasteiger partial charge is 0.416 e. The second-order valence-electron chi connectivity index (χ2n) is 5.66. The van der Waals surface area contributed by atoms with E-state index in [0.717, 1.165) is 22.2 Å². The number of aliphatic imine (C=N–C) groups is 1. The van der Waals surface area contributed by atoms with Crippen LogP contribution in [0.25, 0.3) is 16.6 Å². The maximum atomic E-state index is 13.2. The number of benzene rings is 1. The minimum absolute atomic E-state index is 0.290. The second-order valence-corrected chi connectivity index (χ2v) is 5.66. The summed E-state index contributed by atoms with van der Waals surface area (Å²) in [5.74, 6) is 0. The van der Waals surface area contributed by atoms with Crippen LogP contribution in [-0.2, 0) is 12.7 Å². The average molecular weight is 315 g/mol. The first-order valence-corrected chi connectivity index (χ1v) is 7.10. The van der Waals surface area contributed by atoms with Gasteiger partial charge in [0.05, 0.1) is 30.1 Å². The molecule has 0 fully saturated rings. The van der Waals surface area contributed by atoms with Crippen molar-refractivity contribution in [2.24, 2.45) is 4.99 Å². The molecular formula is C17H12F3N3. The number of pyridine rings is 1. The fourth-order valence-electron chi connectivity index (χ4n) is 2.98. The van der Waals surface area contributed by atoms with Crippen LogP contribution in [0.4, 0.5) is 13.2 Å². The highest BCUT2D eigenvalue weighted by Gasteiger charge is 2.32. The second kappa shape index (κ2) is 4.68. The smallest absolute Gasteiger partial charge is 0.306 e. The maximum Gasteiger partial charge on any atom is 0.416 e. The van der Waals surface area contributed by atoms with Gasteiger partial charge in [0.25, 0.3) is 0 Å². The van der Waals surface area contributed by atoms with Crippen LogP contribution in [0.2, 0.25) is 0 Å². The van der Waals surface area contributed by atoms with Gasteiger partial charge in [-0.3, -0.25) is 4.99 Å². The van der Waals surface area contributed by atoms with Gasteiger partial charge < -0.3 is 4.40 Å². The van der Waals surface area contributed by atoms with E-state index < -0.39 is 11.7 Å². The zero-order valence-electron chi connectivity index (χ0n) is 12.2. The molecule has 3 nitrogen and oxygen atoms in total. The number of alkyl halides is 3. The summed E-state index contributed by atoms with van der Waals surface area (Å²) in [5, 5.41) is 0. The molecule has 6 heteroatoms. The van der Waals surface area contributed by atoms with Crippen LogP contribution < -0.4 is 0 Å². The first-order chi connectivity index (χ1) is 10.9. The molecule has 0 amide bonds.